The van der Waals surface area contributed by atoms with Gasteiger partial charge in [0.1, 0.15) is 0 Å². The van der Waals surface area contributed by atoms with Crippen molar-refractivity contribution in [2.24, 2.45) is 4.99 Å². The fourth-order valence-electron chi connectivity index (χ4n) is 16.5. The summed E-state index contributed by atoms with van der Waals surface area (Å²) < 4.78 is 62.8. The van der Waals surface area contributed by atoms with Crippen LogP contribution < -0.4 is 4.98 Å². The number of aliphatic imine (C=N–C) groups is 1. The van der Waals surface area contributed by atoms with Gasteiger partial charge in [-0.15, -0.1) is 11.4 Å². The summed E-state index contributed by atoms with van der Waals surface area (Å²) in [5.74, 6) is 0. The Balaban J connectivity index is 0.00000171. The molecule has 0 atom stereocenters. The molecule has 8 heteroatoms. The number of hydrogen-bond donors (Lipinski definition) is 0. The summed E-state index contributed by atoms with van der Waals surface area (Å²) in [5, 5.41) is 0. The molecule has 1 aliphatic heterocycles. The number of alkyl halides is 3. The molecule has 0 radical (unpaired) electrons. The van der Waals surface area contributed by atoms with E-state index in [9.17, 15) is 22.0 Å². The van der Waals surface area contributed by atoms with Crippen LogP contribution in [0.4, 0.5) is 22.0 Å². The van der Waals surface area contributed by atoms with Gasteiger partial charge in [-0.2, -0.15) is 13.2 Å². The SMILES string of the molecule is CCC1(CC)CC(C)(C)c2c1cc1c(c2C2=N/C(=C(/c3ccc(C(F)(F)F)cc3)c3ccc(-c4c5c(cc6c4C(C)(C)CC6(CC)CC)C(CC)(CC)CC5(C)C)[n-]3)C=C2)C(C)(C)CC1(CC)CC.F[C](F)=[Cu]. The number of hydrogen-bond acceptors (Lipinski definition) is 1. The molecule has 4 aliphatic carbocycles. The summed E-state index contributed by atoms with van der Waals surface area (Å²) in [7, 11) is 0. The summed E-state index contributed by atoms with van der Waals surface area (Å²) in [6.45, 7) is 38.5. The molecule has 1 aromatic heterocycles. The van der Waals surface area contributed by atoms with Crippen LogP contribution in [0.1, 0.15) is 255 Å². The molecule has 0 saturated heterocycles. The molecule has 0 unspecified atom stereocenters. The first kappa shape index (κ1) is 55.4. The maximum atomic E-state index is 14.2. The van der Waals surface area contributed by atoms with Crippen LogP contribution in [-0.2, 0) is 65.1 Å². The Morgan fingerprint density at radius 2 is 0.863 bits per heavy atom. The molecular formula is C65H82CuF5N2-. The van der Waals surface area contributed by atoms with Crippen molar-refractivity contribution in [2.45, 2.75) is 237 Å². The second-order valence-corrected chi connectivity index (χ2v) is 25.8. The summed E-state index contributed by atoms with van der Waals surface area (Å²) in [6, 6.07) is 15.4. The third-order valence-electron chi connectivity index (χ3n) is 20.0. The van der Waals surface area contributed by atoms with Crippen molar-refractivity contribution in [1.82, 2.24) is 4.98 Å². The van der Waals surface area contributed by atoms with E-state index in [4.69, 9.17) is 9.98 Å². The second-order valence-electron chi connectivity index (χ2n) is 25.5. The Morgan fingerprint density at radius 3 is 1.19 bits per heavy atom. The first-order valence-corrected chi connectivity index (χ1v) is 28.1. The normalized spacial score (nSPS) is 22.0. The van der Waals surface area contributed by atoms with Crippen molar-refractivity contribution in [3.05, 3.63) is 133 Å². The summed E-state index contributed by atoms with van der Waals surface area (Å²) in [4.78, 5) is 9.41. The van der Waals surface area contributed by atoms with Crippen molar-refractivity contribution in [1.29, 1.82) is 0 Å². The van der Waals surface area contributed by atoms with Crippen molar-refractivity contribution in [2.75, 3.05) is 0 Å². The van der Waals surface area contributed by atoms with Gasteiger partial charge in [-0.05, 0) is 206 Å². The van der Waals surface area contributed by atoms with Crippen LogP contribution in [0.25, 0.3) is 16.8 Å². The molecule has 3 aromatic carbocycles. The van der Waals surface area contributed by atoms with Gasteiger partial charge in [-0.3, -0.25) is 0 Å². The minimum absolute atomic E-state index is 0.0773. The third-order valence-corrected chi connectivity index (χ3v) is 20.0. The summed E-state index contributed by atoms with van der Waals surface area (Å²) in [5.41, 5.74) is 18.6. The quantitative estimate of drug-likeness (QED) is 0.103. The van der Waals surface area contributed by atoms with E-state index in [2.05, 4.69) is 163 Å². The van der Waals surface area contributed by atoms with Crippen LogP contribution >= 0.6 is 0 Å². The number of rotatable bonds is 12. The molecule has 2 heterocycles. The fraction of sp³-hybridized carbons (Fsp3) is 0.569. The van der Waals surface area contributed by atoms with Crippen LogP contribution in [0.2, 0.25) is 0 Å². The van der Waals surface area contributed by atoms with Gasteiger partial charge >= 0.3 is 35.5 Å². The number of benzene rings is 3. The van der Waals surface area contributed by atoms with Gasteiger partial charge < -0.3 is 4.98 Å². The number of halogens is 5. The first-order valence-electron chi connectivity index (χ1n) is 27.6. The van der Waals surface area contributed by atoms with Gasteiger partial charge in [-0.25, -0.2) is 4.99 Å². The molecule has 73 heavy (non-hydrogen) atoms. The predicted octanol–water partition coefficient (Wildman–Crippen LogP) is 18.7. The topological polar surface area (TPSA) is 26.5 Å². The molecule has 2 nitrogen and oxygen atoms in total. The van der Waals surface area contributed by atoms with Crippen molar-refractivity contribution in [3.8, 4) is 11.3 Å². The van der Waals surface area contributed by atoms with E-state index in [-0.39, 0.29) is 43.3 Å². The van der Waals surface area contributed by atoms with Crippen LogP contribution in [-0.4, -0.2) is 10.6 Å². The Morgan fingerprint density at radius 1 is 0.521 bits per heavy atom. The Labute approximate surface area is 443 Å². The average molecular weight is 1050 g/mol. The fourth-order valence-corrected chi connectivity index (χ4v) is 16.5. The molecule has 9 rings (SSSR count). The number of fused-ring (bicyclic) bond motifs is 4. The second kappa shape index (κ2) is 18.7. The number of allylic oxidation sites excluding steroid dienone is 2. The molecule has 0 N–H and O–H groups in total. The molecule has 399 valence electrons. The number of nitrogens with zero attached hydrogens (tertiary/aromatic N) is 2. The standard InChI is InChI=1S/C64H82F3N2.CF2.Cu/c1-17-60(18-2)35-56(9,10)52-41(60)33-42-53(57(11,12)36-61(42,19-3)20-4)50(52)47-31-29-45(68-47)49(39-25-27-40(28-26-39)64(65,66)67)46-30-32-48(69-46)51-54-43(62(21-5,22-6)37-58(54,13)14)34-44-55(51)59(15,16)38-63(44,23-7)24-8;2-1-3;/h25-34H,17-24,35-38H2,1-16H3;;/q-1;;/b49-45-;;. The van der Waals surface area contributed by atoms with Crippen LogP contribution in [0.3, 0.4) is 0 Å². The van der Waals surface area contributed by atoms with E-state index in [1.807, 2.05) is 0 Å². The first-order chi connectivity index (χ1) is 34.0. The van der Waals surface area contributed by atoms with Gasteiger partial charge in [0, 0.05) is 5.56 Å². The van der Waals surface area contributed by atoms with E-state index in [1.54, 1.807) is 12.1 Å². The molecule has 0 fully saturated rings. The van der Waals surface area contributed by atoms with Gasteiger partial charge in [0.05, 0.1) is 17.0 Å². The molecule has 0 spiro atoms. The van der Waals surface area contributed by atoms with Crippen LogP contribution in [0.15, 0.2) is 71.4 Å². The van der Waals surface area contributed by atoms with Gasteiger partial charge in [0.25, 0.3) is 0 Å². The van der Waals surface area contributed by atoms with Crippen molar-refractivity contribution in [3.63, 3.8) is 0 Å². The molecule has 0 bridgehead atoms. The van der Waals surface area contributed by atoms with E-state index in [0.29, 0.717) is 5.56 Å². The zero-order valence-corrected chi connectivity index (χ0v) is 47.8. The zero-order valence-electron chi connectivity index (χ0n) is 46.8. The van der Waals surface area contributed by atoms with Crippen LogP contribution in [0.5, 0.6) is 0 Å². The molecule has 5 aliphatic rings. The van der Waals surface area contributed by atoms with E-state index in [0.717, 1.165) is 105 Å². The Kier molecular flexibility index (Phi) is 14.2. The summed E-state index contributed by atoms with van der Waals surface area (Å²) >= 11 is 3.33. The van der Waals surface area contributed by atoms with Gasteiger partial charge in [0.2, 0.25) is 0 Å². The van der Waals surface area contributed by atoms with E-state index in [1.165, 1.54) is 67.8 Å². The minimum atomic E-state index is -4.45. The molecule has 0 saturated carbocycles. The van der Waals surface area contributed by atoms with Crippen LogP contribution in [0, 0.1) is 0 Å². The molecule has 4 aromatic rings. The monoisotopic (exact) mass is 1050 g/mol. The van der Waals surface area contributed by atoms with Crippen molar-refractivity contribution >= 4 is 16.2 Å². The van der Waals surface area contributed by atoms with Gasteiger partial charge in [0.15, 0.2) is 0 Å². The molecular weight excluding hydrogens is 967 g/mol. The maximum absolute atomic E-state index is 14.2. The zero-order chi connectivity index (χ0) is 53.9. The van der Waals surface area contributed by atoms with Crippen molar-refractivity contribution < 1.29 is 37.5 Å². The average Bonchev–Trinajstić information content (AvgIpc) is 4.17. The van der Waals surface area contributed by atoms with E-state index < -0.39 is 16.7 Å². The Hall–Kier alpha value is -3.87. The van der Waals surface area contributed by atoms with Gasteiger partial charge in [-0.1, -0.05) is 147 Å². The number of aromatic nitrogens is 1. The third kappa shape index (κ3) is 8.60. The molecule has 0 amide bonds. The Bertz CT molecular complexity index is 2800. The summed E-state index contributed by atoms with van der Waals surface area (Å²) in [6.07, 6.45) is 12.9. The van der Waals surface area contributed by atoms with E-state index >= 15 is 0 Å². The predicted molar refractivity (Wildman–Crippen MR) is 292 cm³/mol.